The number of nitrogens with zero attached hydrogens (tertiary/aromatic N) is 2. The first kappa shape index (κ1) is 14.2. The maximum atomic E-state index is 12.9. The molecule has 0 radical (unpaired) electrons. The lowest BCUT2D eigenvalue weighted by Gasteiger charge is -2.17. The summed E-state index contributed by atoms with van der Waals surface area (Å²) in [4.78, 5) is 0. The summed E-state index contributed by atoms with van der Waals surface area (Å²) in [6, 6.07) is 6.92. The molecule has 0 saturated heterocycles. The molecule has 2 rings (SSSR count). The van der Waals surface area contributed by atoms with E-state index in [1.165, 1.54) is 6.07 Å². The van der Waals surface area contributed by atoms with Crippen LogP contribution >= 0.6 is 0 Å². The van der Waals surface area contributed by atoms with E-state index in [9.17, 15) is 13.2 Å². The van der Waals surface area contributed by atoms with Gasteiger partial charge in [-0.1, -0.05) is 0 Å². The van der Waals surface area contributed by atoms with Crippen LogP contribution in [0.2, 0.25) is 0 Å². The van der Waals surface area contributed by atoms with Gasteiger partial charge in [0.05, 0.1) is 29.9 Å². The monoisotopic (exact) mass is 280 g/mol. The van der Waals surface area contributed by atoms with Gasteiger partial charge in [0.25, 0.3) is 0 Å². The van der Waals surface area contributed by atoms with Gasteiger partial charge in [-0.3, -0.25) is 0 Å². The summed E-state index contributed by atoms with van der Waals surface area (Å²) >= 11 is 0. The highest BCUT2D eigenvalue weighted by atomic mass is 19.4. The normalized spacial score (nSPS) is 16.1. The van der Waals surface area contributed by atoms with Crippen LogP contribution in [-0.4, -0.2) is 6.61 Å². The zero-order valence-corrected chi connectivity index (χ0v) is 10.5. The van der Waals surface area contributed by atoms with E-state index in [2.05, 4.69) is 0 Å². The Balaban J connectivity index is 2.20. The largest absolute Gasteiger partial charge is 0.492 e. The first-order chi connectivity index (χ1) is 9.40. The highest BCUT2D eigenvalue weighted by molar-refractivity contribution is 5.43. The molecule has 1 aromatic rings. The average molecular weight is 280 g/mol. The Morgan fingerprint density at radius 1 is 1.25 bits per heavy atom. The first-order valence-corrected chi connectivity index (χ1v) is 6.01. The van der Waals surface area contributed by atoms with Gasteiger partial charge in [-0.2, -0.15) is 23.7 Å². The molecular weight excluding hydrogens is 269 g/mol. The van der Waals surface area contributed by atoms with Crippen LogP contribution in [0.25, 0.3) is 0 Å². The molecule has 0 aromatic heterocycles. The van der Waals surface area contributed by atoms with E-state index in [1.807, 2.05) is 6.07 Å². The van der Waals surface area contributed by atoms with E-state index in [1.54, 1.807) is 6.07 Å². The van der Waals surface area contributed by atoms with Crippen LogP contribution in [0.1, 0.15) is 30.4 Å². The number of ether oxygens (including phenoxy) is 1. The van der Waals surface area contributed by atoms with Gasteiger partial charge in [0.15, 0.2) is 0 Å². The smallest absolute Gasteiger partial charge is 0.420 e. The van der Waals surface area contributed by atoms with Crippen LogP contribution < -0.4 is 4.74 Å². The van der Waals surface area contributed by atoms with Crippen molar-refractivity contribution in [3.8, 4) is 17.9 Å². The molecule has 1 saturated carbocycles. The molecule has 1 fully saturated rings. The summed E-state index contributed by atoms with van der Waals surface area (Å²) in [5.74, 6) is -0.291. The van der Waals surface area contributed by atoms with Crippen molar-refractivity contribution in [2.45, 2.75) is 25.4 Å². The van der Waals surface area contributed by atoms with Crippen molar-refractivity contribution in [2.24, 2.45) is 5.41 Å². The molecule has 1 aliphatic rings. The third-order valence-electron chi connectivity index (χ3n) is 3.36. The molecule has 0 atom stereocenters. The fourth-order valence-electron chi connectivity index (χ4n) is 1.89. The summed E-state index contributed by atoms with van der Waals surface area (Å²) in [6.07, 6.45) is -2.71. The van der Waals surface area contributed by atoms with Gasteiger partial charge in [-0.25, -0.2) is 0 Å². The first-order valence-electron chi connectivity index (χ1n) is 6.01. The number of benzene rings is 1. The van der Waals surface area contributed by atoms with E-state index < -0.39 is 11.7 Å². The third-order valence-corrected chi connectivity index (χ3v) is 3.36. The Morgan fingerprint density at radius 3 is 2.45 bits per heavy atom. The number of alkyl halides is 3. The topological polar surface area (TPSA) is 56.8 Å². The van der Waals surface area contributed by atoms with Gasteiger partial charge in [0, 0.05) is 11.8 Å². The fraction of sp³-hybridized carbons (Fsp3) is 0.429. The summed E-state index contributed by atoms with van der Waals surface area (Å²) in [6.45, 7) is 0.0928. The zero-order chi connectivity index (χ0) is 14.8. The minimum absolute atomic E-state index is 0.0668. The van der Waals surface area contributed by atoms with Crippen molar-refractivity contribution in [1.82, 2.24) is 0 Å². The fourth-order valence-corrected chi connectivity index (χ4v) is 1.89. The van der Waals surface area contributed by atoms with Gasteiger partial charge in [-0.15, -0.1) is 0 Å². The Bertz CT molecular complexity index is 592. The van der Waals surface area contributed by atoms with Crippen LogP contribution in [0.3, 0.4) is 0 Å². The lowest BCUT2D eigenvalue weighted by atomic mass is 10.1. The van der Waals surface area contributed by atoms with Crippen molar-refractivity contribution >= 4 is 0 Å². The number of hydrogen-bond donors (Lipinski definition) is 0. The SMILES string of the molecule is N#CCC1(COc2ccc(C#N)cc2C(F)(F)F)CC1. The molecule has 0 spiro atoms. The van der Waals surface area contributed by atoms with E-state index in [0.717, 1.165) is 25.0 Å². The van der Waals surface area contributed by atoms with E-state index in [0.29, 0.717) is 0 Å². The second kappa shape index (κ2) is 5.05. The second-order valence-electron chi connectivity index (χ2n) is 4.94. The molecule has 20 heavy (non-hydrogen) atoms. The van der Waals surface area contributed by atoms with Crippen molar-refractivity contribution in [1.29, 1.82) is 10.5 Å². The van der Waals surface area contributed by atoms with Crippen molar-refractivity contribution in [3.05, 3.63) is 29.3 Å². The van der Waals surface area contributed by atoms with Crippen LogP contribution in [-0.2, 0) is 6.18 Å². The lowest BCUT2D eigenvalue weighted by Crippen LogP contribution is -2.15. The highest BCUT2D eigenvalue weighted by Gasteiger charge is 2.44. The molecule has 6 heteroatoms. The van der Waals surface area contributed by atoms with Crippen LogP contribution in [0.5, 0.6) is 5.75 Å². The average Bonchev–Trinajstić information content (AvgIpc) is 3.16. The van der Waals surface area contributed by atoms with Gasteiger partial charge in [-0.05, 0) is 31.0 Å². The predicted molar refractivity (Wildman–Crippen MR) is 63.6 cm³/mol. The van der Waals surface area contributed by atoms with Gasteiger partial charge in [0.2, 0.25) is 0 Å². The molecule has 0 bridgehead atoms. The van der Waals surface area contributed by atoms with Crippen LogP contribution in [0.15, 0.2) is 18.2 Å². The Kier molecular flexibility index (Phi) is 3.59. The molecule has 104 valence electrons. The molecule has 1 aliphatic carbocycles. The Labute approximate surface area is 114 Å². The summed E-state index contributed by atoms with van der Waals surface area (Å²) in [5, 5.41) is 17.3. The molecule has 0 heterocycles. The number of rotatable bonds is 4. The van der Waals surface area contributed by atoms with Crippen molar-refractivity contribution in [2.75, 3.05) is 6.61 Å². The van der Waals surface area contributed by atoms with Gasteiger partial charge >= 0.3 is 6.18 Å². The van der Waals surface area contributed by atoms with E-state index in [4.69, 9.17) is 15.3 Å². The third kappa shape index (κ3) is 3.03. The van der Waals surface area contributed by atoms with E-state index >= 15 is 0 Å². The molecule has 3 nitrogen and oxygen atoms in total. The quantitative estimate of drug-likeness (QED) is 0.845. The molecule has 1 aromatic carbocycles. The minimum atomic E-state index is -4.58. The van der Waals surface area contributed by atoms with Gasteiger partial charge in [0.1, 0.15) is 5.75 Å². The summed E-state index contributed by atoms with van der Waals surface area (Å²) in [5.41, 5.74) is -1.32. The lowest BCUT2D eigenvalue weighted by molar-refractivity contribution is -0.139. The zero-order valence-electron chi connectivity index (χ0n) is 10.5. The summed E-state index contributed by atoms with van der Waals surface area (Å²) < 4.78 is 44.0. The van der Waals surface area contributed by atoms with Crippen LogP contribution in [0, 0.1) is 28.1 Å². The maximum Gasteiger partial charge on any atom is 0.420 e. The molecule has 0 unspecified atom stereocenters. The van der Waals surface area contributed by atoms with E-state index in [-0.39, 0.29) is 29.8 Å². The standard InChI is InChI=1S/C14H11F3N2O/c15-14(16,17)11-7-10(8-19)1-2-12(11)20-9-13(3-4-13)5-6-18/h1-2,7H,3-5,9H2. The number of halogens is 3. The molecule has 0 aliphatic heterocycles. The number of hydrogen-bond acceptors (Lipinski definition) is 3. The number of nitriles is 2. The second-order valence-corrected chi connectivity index (χ2v) is 4.94. The molecular formula is C14H11F3N2O. The minimum Gasteiger partial charge on any atom is -0.492 e. The van der Waals surface area contributed by atoms with Crippen molar-refractivity contribution < 1.29 is 17.9 Å². The van der Waals surface area contributed by atoms with Crippen molar-refractivity contribution in [3.63, 3.8) is 0 Å². The molecule has 0 amide bonds. The molecule has 0 N–H and O–H groups in total. The maximum absolute atomic E-state index is 12.9. The highest BCUT2D eigenvalue weighted by Crippen LogP contribution is 2.49. The summed E-state index contributed by atoms with van der Waals surface area (Å²) in [7, 11) is 0. The Hall–Kier alpha value is -2.21. The van der Waals surface area contributed by atoms with Crippen LogP contribution in [0.4, 0.5) is 13.2 Å². The van der Waals surface area contributed by atoms with Gasteiger partial charge < -0.3 is 4.74 Å². The predicted octanol–water partition coefficient (Wildman–Crippen LogP) is 3.65. The Morgan fingerprint density at radius 2 is 1.95 bits per heavy atom.